The molecule has 0 amide bonds. The second-order valence-corrected chi connectivity index (χ2v) is 8.57. The molecular weight excluding hydrogens is 372 g/mol. The second kappa shape index (κ2) is 6.83. The van der Waals surface area contributed by atoms with E-state index < -0.39 is 9.84 Å². The summed E-state index contributed by atoms with van der Waals surface area (Å²) in [6.07, 6.45) is 1.26. The summed E-state index contributed by atoms with van der Waals surface area (Å²) in [6, 6.07) is 13.2. The Morgan fingerprint density at radius 2 is 1.68 bits per heavy atom. The van der Waals surface area contributed by atoms with Crippen molar-refractivity contribution in [2.45, 2.75) is 30.7 Å². The fraction of sp³-hybridized carbons (Fsp3) is 0.190. The summed E-state index contributed by atoms with van der Waals surface area (Å²) in [5.41, 5.74) is 4.32. The zero-order valence-electron chi connectivity index (χ0n) is 15.9. The molecule has 0 radical (unpaired) electrons. The van der Waals surface area contributed by atoms with Crippen molar-refractivity contribution >= 4 is 27.1 Å². The van der Waals surface area contributed by atoms with Gasteiger partial charge in [0.05, 0.1) is 10.6 Å². The first kappa shape index (κ1) is 18.3. The molecule has 1 aliphatic rings. The Morgan fingerprint density at radius 1 is 0.964 bits per heavy atom. The number of anilines is 1. The fourth-order valence-electron chi connectivity index (χ4n) is 3.23. The van der Waals surface area contributed by atoms with Gasteiger partial charge in [-0.15, -0.1) is 0 Å². The van der Waals surface area contributed by atoms with Gasteiger partial charge in [0.2, 0.25) is 9.84 Å². The number of aromatic nitrogens is 2. The number of hydrogen-bond donors (Lipinski definition) is 1. The predicted octanol–water partition coefficient (Wildman–Crippen LogP) is 3.84. The van der Waals surface area contributed by atoms with Gasteiger partial charge in [0.15, 0.2) is 10.8 Å². The summed E-state index contributed by atoms with van der Waals surface area (Å²) in [7, 11) is -3.85. The Morgan fingerprint density at radius 3 is 2.39 bits per heavy atom. The number of rotatable bonds is 3. The molecule has 4 rings (SSSR count). The van der Waals surface area contributed by atoms with Gasteiger partial charge >= 0.3 is 0 Å². The molecule has 0 aliphatic carbocycles. The highest BCUT2D eigenvalue weighted by molar-refractivity contribution is 7.91. The van der Waals surface area contributed by atoms with E-state index in [0.29, 0.717) is 23.6 Å². The van der Waals surface area contributed by atoms with Gasteiger partial charge in [-0.1, -0.05) is 41.5 Å². The Hall–Kier alpha value is -3.06. The summed E-state index contributed by atoms with van der Waals surface area (Å²) >= 11 is 0. The molecule has 3 aromatic rings. The molecule has 0 bridgehead atoms. The van der Waals surface area contributed by atoms with Crippen LogP contribution < -0.4 is 5.32 Å². The van der Waals surface area contributed by atoms with Gasteiger partial charge in [0.25, 0.3) is 0 Å². The van der Waals surface area contributed by atoms with Gasteiger partial charge in [-0.3, -0.25) is 0 Å². The molecule has 28 heavy (non-hydrogen) atoms. The SMILES string of the molecule is CCNc1ncnc2c1N=C(c1ccc(C)cc1)c1cc(C)ccc1S2(=O)=O. The van der Waals surface area contributed by atoms with E-state index in [-0.39, 0.29) is 15.6 Å². The van der Waals surface area contributed by atoms with E-state index in [9.17, 15) is 8.42 Å². The van der Waals surface area contributed by atoms with Gasteiger partial charge in [-0.05, 0) is 32.9 Å². The van der Waals surface area contributed by atoms with Crippen LogP contribution in [0.15, 0.2) is 63.7 Å². The lowest BCUT2D eigenvalue weighted by Gasteiger charge is -2.11. The predicted molar refractivity (Wildman–Crippen MR) is 109 cm³/mol. The first-order chi connectivity index (χ1) is 13.4. The van der Waals surface area contributed by atoms with E-state index in [0.717, 1.165) is 16.7 Å². The maximum atomic E-state index is 13.4. The van der Waals surface area contributed by atoms with Crippen molar-refractivity contribution in [1.82, 2.24) is 9.97 Å². The number of benzene rings is 2. The summed E-state index contributed by atoms with van der Waals surface area (Å²) < 4.78 is 26.8. The minimum Gasteiger partial charge on any atom is -0.368 e. The van der Waals surface area contributed by atoms with Gasteiger partial charge in [-0.2, -0.15) is 0 Å². The molecule has 6 nitrogen and oxygen atoms in total. The molecule has 1 aromatic heterocycles. The molecule has 2 aromatic carbocycles. The molecule has 0 unspecified atom stereocenters. The lowest BCUT2D eigenvalue weighted by atomic mass is 9.99. The first-order valence-corrected chi connectivity index (χ1v) is 10.5. The average molecular weight is 392 g/mol. The molecule has 0 atom stereocenters. The van der Waals surface area contributed by atoms with Crippen LogP contribution in [0.5, 0.6) is 0 Å². The van der Waals surface area contributed by atoms with E-state index in [2.05, 4.69) is 15.3 Å². The lowest BCUT2D eigenvalue weighted by Crippen LogP contribution is -2.10. The van der Waals surface area contributed by atoms with Crippen LogP contribution in [0.4, 0.5) is 11.5 Å². The van der Waals surface area contributed by atoms with Crippen LogP contribution in [0.3, 0.4) is 0 Å². The van der Waals surface area contributed by atoms with E-state index >= 15 is 0 Å². The summed E-state index contributed by atoms with van der Waals surface area (Å²) in [5.74, 6) is 0.408. The molecule has 0 saturated carbocycles. The molecule has 7 heteroatoms. The van der Waals surface area contributed by atoms with Crippen LogP contribution in [0.1, 0.15) is 29.2 Å². The summed E-state index contributed by atoms with van der Waals surface area (Å²) in [6.45, 7) is 6.45. The monoisotopic (exact) mass is 392 g/mol. The number of nitrogens with one attached hydrogen (secondary N) is 1. The standard InChI is InChI=1S/C21H20N4O2S/c1-4-22-20-19-21(24-12-23-20)28(26,27)17-10-7-14(3)11-16(17)18(25-19)15-8-5-13(2)6-9-15/h5-12H,4H2,1-3H3,(H,22,23,24). The van der Waals surface area contributed by atoms with Crippen LogP contribution in [0, 0.1) is 13.8 Å². The third kappa shape index (κ3) is 2.97. The molecule has 142 valence electrons. The highest BCUT2D eigenvalue weighted by Crippen LogP contribution is 2.39. The van der Waals surface area contributed by atoms with Crippen LogP contribution in [0.2, 0.25) is 0 Å². The smallest absolute Gasteiger partial charge is 0.226 e. The number of fused-ring (bicyclic) bond motifs is 2. The molecule has 1 N–H and O–H groups in total. The van der Waals surface area contributed by atoms with Gasteiger partial charge in [0, 0.05) is 17.7 Å². The molecule has 2 heterocycles. The van der Waals surface area contributed by atoms with E-state index in [4.69, 9.17) is 4.99 Å². The van der Waals surface area contributed by atoms with Gasteiger partial charge in [0.1, 0.15) is 12.0 Å². The zero-order valence-corrected chi connectivity index (χ0v) is 16.7. The highest BCUT2D eigenvalue weighted by Gasteiger charge is 2.33. The highest BCUT2D eigenvalue weighted by atomic mass is 32.2. The van der Waals surface area contributed by atoms with Crippen molar-refractivity contribution in [2.24, 2.45) is 4.99 Å². The maximum absolute atomic E-state index is 13.4. The number of aliphatic imine (C=N–C) groups is 1. The topological polar surface area (TPSA) is 84.3 Å². The van der Waals surface area contributed by atoms with E-state index in [1.807, 2.05) is 51.1 Å². The molecule has 1 aliphatic heterocycles. The normalized spacial score (nSPS) is 14.5. The van der Waals surface area contributed by atoms with Crippen molar-refractivity contribution in [2.75, 3.05) is 11.9 Å². The number of aryl methyl sites for hydroxylation is 2. The van der Waals surface area contributed by atoms with Gasteiger partial charge in [-0.25, -0.2) is 23.4 Å². The number of nitrogens with zero attached hydrogens (tertiary/aromatic N) is 3. The summed E-state index contributed by atoms with van der Waals surface area (Å²) in [5, 5.41) is 3.02. The molecule has 0 fully saturated rings. The minimum absolute atomic E-state index is 0.0781. The fourth-order valence-corrected chi connectivity index (χ4v) is 4.71. The van der Waals surface area contributed by atoms with Crippen LogP contribution in [-0.2, 0) is 9.84 Å². The average Bonchev–Trinajstić information content (AvgIpc) is 2.76. The van der Waals surface area contributed by atoms with Crippen molar-refractivity contribution in [3.63, 3.8) is 0 Å². The van der Waals surface area contributed by atoms with Crippen molar-refractivity contribution in [1.29, 1.82) is 0 Å². The van der Waals surface area contributed by atoms with Gasteiger partial charge < -0.3 is 5.32 Å². The Balaban J connectivity index is 2.12. The second-order valence-electron chi connectivity index (χ2n) is 6.74. The largest absolute Gasteiger partial charge is 0.368 e. The Labute approximate surface area is 164 Å². The first-order valence-electron chi connectivity index (χ1n) is 9.02. The molecule has 0 saturated heterocycles. The Bertz CT molecular complexity index is 1200. The lowest BCUT2D eigenvalue weighted by molar-refractivity contribution is 0.592. The zero-order chi connectivity index (χ0) is 19.9. The van der Waals surface area contributed by atoms with Crippen LogP contribution >= 0.6 is 0 Å². The molecular formula is C21H20N4O2S. The Kier molecular flexibility index (Phi) is 4.47. The van der Waals surface area contributed by atoms with Crippen molar-refractivity contribution in [3.05, 3.63) is 71.0 Å². The van der Waals surface area contributed by atoms with Crippen LogP contribution in [-0.4, -0.2) is 30.6 Å². The van der Waals surface area contributed by atoms with Crippen molar-refractivity contribution in [3.8, 4) is 0 Å². The number of sulfone groups is 1. The van der Waals surface area contributed by atoms with Crippen molar-refractivity contribution < 1.29 is 8.42 Å². The quantitative estimate of drug-likeness (QED) is 0.536. The summed E-state index contributed by atoms with van der Waals surface area (Å²) in [4.78, 5) is 13.3. The maximum Gasteiger partial charge on any atom is 0.226 e. The third-order valence-corrected chi connectivity index (χ3v) is 6.36. The minimum atomic E-state index is -3.85. The number of hydrogen-bond acceptors (Lipinski definition) is 6. The van der Waals surface area contributed by atoms with E-state index in [1.54, 1.807) is 12.1 Å². The van der Waals surface area contributed by atoms with E-state index in [1.165, 1.54) is 6.33 Å². The third-order valence-electron chi connectivity index (χ3n) is 4.62. The van der Waals surface area contributed by atoms with Crippen LogP contribution in [0.25, 0.3) is 0 Å². The molecule has 0 spiro atoms.